The Hall–Kier alpha value is -2.48. The number of amides is 1. The fourth-order valence-electron chi connectivity index (χ4n) is 2.78. The zero-order valence-corrected chi connectivity index (χ0v) is 18.9. The first-order valence-electron chi connectivity index (χ1n) is 9.09. The Kier molecular flexibility index (Phi) is 7.07. The summed E-state index contributed by atoms with van der Waals surface area (Å²) in [6, 6.07) is 20.4. The minimum absolute atomic E-state index is 0.117. The maximum Gasteiger partial charge on any atom is 0.264 e. The topological polar surface area (TPSA) is 66.5 Å². The van der Waals surface area contributed by atoms with Crippen LogP contribution in [-0.4, -0.2) is 27.1 Å². The van der Waals surface area contributed by atoms with Gasteiger partial charge in [-0.05, 0) is 61.7 Å². The van der Waals surface area contributed by atoms with Gasteiger partial charge in [0.05, 0.1) is 21.3 Å². The molecule has 1 amide bonds. The van der Waals surface area contributed by atoms with E-state index in [1.165, 1.54) is 11.8 Å². The summed E-state index contributed by atoms with van der Waals surface area (Å²) in [6.45, 7) is 1.52. The highest BCUT2D eigenvalue weighted by molar-refractivity contribution is 7.98. The summed E-state index contributed by atoms with van der Waals surface area (Å²) in [5, 5.41) is 3.06. The lowest BCUT2D eigenvalue weighted by molar-refractivity contribution is -0.114. The SMILES string of the molecule is CSc1ccc(S(=O)(=O)N(CC(=O)Nc2ccccc2Cl)c2ccc(C)cc2)cc1. The number of thioether (sulfide) groups is 1. The van der Waals surface area contributed by atoms with E-state index in [0.29, 0.717) is 16.4 Å². The molecule has 30 heavy (non-hydrogen) atoms. The van der Waals surface area contributed by atoms with Crippen LogP contribution in [0.2, 0.25) is 5.02 Å². The number of carbonyl (C=O) groups is 1. The Morgan fingerprint density at radius 2 is 1.63 bits per heavy atom. The molecule has 0 bridgehead atoms. The van der Waals surface area contributed by atoms with Crippen LogP contribution >= 0.6 is 23.4 Å². The highest BCUT2D eigenvalue weighted by Gasteiger charge is 2.27. The van der Waals surface area contributed by atoms with Crippen molar-refractivity contribution in [1.29, 1.82) is 0 Å². The Balaban J connectivity index is 1.94. The molecule has 3 rings (SSSR count). The van der Waals surface area contributed by atoms with Crippen LogP contribution in [0, 0.1) is 6.92 Å². The molecule has 0 unspecified atom stereocenters. The number of rotatable bonds is 7. The normalized spacial score (nSPS) is 11.2. The molecular formula is C22H21ClN2O3S2. The van der Waals surface area contributed by atoms with E-state index in [2.05, 4.69) is 5.32 Å². The first-order valence-corrected chi connectivity index (χ1v) is 12.1. The van der Waals surface area contributed by atoms with Gasteiger partial charge in [0, 0.05) is 4.90 Å². The number of halogens is 1. The average molecular weight is 461 g/mol. The number of anilines is 2. The second-order valence-corrected chi connectivity index (χ2v) is 9.70. The average Bonchev–Trinajstić information content (AvgIpc) is 2.74. The molecule has 0 atom stereocenters. The van der Waals surface area contributed by atoms with Crippen LogP contribution in [0.3, 0.4) is 0 Å². The van der Waals surface area contributed by atoms with Gasteiger partial charge in [0.25, 0.3) is 10.0 Å². The lowest BCUT2D eigenvalue weighted by Gasteiger charge is -2.24. The highest BCUT2D eigenvalue weighted by Crippen LogP contribution is 2.26. The van der Waals surface area contributed by atoms with Crippen LogP contribution in [0.5, 0.6) is 0 Å². The van der Waals surface area contributed by atoms with Crippen LogP contribution in [0.25, 0.3) is 0 Å². The maximum atomic E-state index is 13.4. The van der Waals surface area contributed by atoms with Crippen molar-refractivity contribution in [3.8, 4) is 0 Å². The van der Waals surface area contributed by atoms with Crippen LogP contribution in [0.4, 0.5) is 11.4 Å². The standard InChI is InChI=1S/C22H21ClN2O3S2/c1-16-7-9-17(10-8-16)25(15-22(26)24-21-6-4-3-5-20(21)23)30(27,28)19-13-11-18(29-2)12-14-19/h3-14H,15H2,1-2H3,(H,24,26). The van der Waals surface area contributed by atoms with Crippen LogP contribution < -0.4 is 9.62 Å². The van der Waals surface area contributed by atoms with Gasteiger partial charge in [0.2, 0.25) is 5.91 Å². The predicted octanol–water partition coefficient (Wildman–Crippen LogP) is 5.20. The highest BCUT2D eigenvalue weighted by atomic mass is 35.5. The molecule has 0 aromatic heterocycles. The summed E-state index contributed by atoms with van der Waals surface area (Å²) in [5.41, 5.74) is 1.82. The quantitative estimate of drug-likeness (QED) is 0.492. The number of carbonyl (C=O) groups excluding carboxylic acids is 1. The van der Waals surface area contributed by atoms with Gasteiger partial charge < -0.3 is 5.32 Å². The lowest BCUT2D eigenvalue weighted by atomic mass is 10.2. The monoisotopic (exact) mass is 460 g/mol. The second-order valence-electron chi connectivity index (χ2n) is 6.55. The fraction of sp³-hybridized carbons (Fsp3) is 0.136. The summed E-state index contributed by atoms with van der Waals surface area (Å²) in [6.07, 6.45) is 1.92. The minimum atomic E-state index is -3.96. The zero-order chi connectivity index (χ0) is 21.7. The Labute approximate surface area is 186 Å². The molecule has 0 spiro atoms. The van der Waals surface area contributed by atoms with Crippen molar-refractivity contribution in [1.82, 2.24) is 0 Å². The lowest BCUT2D eigenvalue weighted by Crippen LogP contribution is -2.38. The molecule has 3 aromatic rings. The summed E-state index contributed by atoms with van der Waals surface area (Å²) in [7, 11) is -3.96. The molecule has 0 aliphatic heterocycles. The van der Waals surface area contributed by atoms with Gasteiger partial charge in [-0.1, -0.05) is 41.4 Å². The number of hydrogen-bond acceptors (Lipinski definition) is 4. The van der Waals surface area contributed by atoms with Crippen molar-refractivity contribution in [2.45, 2.75) is 16.7 Å². The Bertz CT molecular complexity index is 1130. The number of hydrogen-bond donors (Lipinski definition) is 1. The molecule has 5 nitrogen and oxygen atoms in total. The third kappa shape index (κ3) is 5.16. The molecule has 0 fully saturated rings. The van der Waals surface area contributed by atoms with E-state index in [0.717, 1.165) is 14.8 Å². The van der Waals surface area contributed by atoms with Crippen molar-refractivity contribution in [2.24, 2.45) is 0 Å². The van der Waals surface area contributed by atoms with Crippen molar-refractivity contribution in [3.05, 3.63) is 83.4 Å². The number of nitrogens with one attached hydrogen (secondary N) is 1. The Morgan fingerprint density at radius 1 is 1.00 bits per heavy atom. The second kappa shape index (κ2) is 9.55. The molecule has 0 aliphatic rings. The van der Waals surface area contributed by atoms with E-state index in [-0.39, 0.29) is 11.4 Å². The number of nitrogens with zero attached hydrogens (tertiary/aromatic N) is 1. The molecule has 0 heterocycles. The molecule has 1 N–H and O–H groups in total. The number of sulfonamides is 1. The van der Waals surface area contributed by atoms with Gasteiger partial charge in [0.1, 0.15) is 6.54 Å². The summed E-state index contributed by atoms with van der Waals surface area (Å²) < 4.78 is 27.9. The van der Waals surface area contributed by atoms with Crippen LogP contribution in [0.15, 0.2) is 82.6 Å². The molecular weight excluding hydrogens is 440 g/mol. The number of aryl methyl sites for hydroxylation is 1. The molecule has 0 radical (unpaired) electrons. The summed E-state index contributed by atoms with van der Waals surface area (Å²) in [5.74, 6) is -0.493. The zero-order valence-electron chi connectivity index (χ0n) is 16.5. The number of para-hydroxylation sites is 1. The van der Waals surface area contributed by atoms with E-state index >= 15 is 0 Å². The molecule has 0 saturated heterocycles. The van der Waals surface area contributed by atoms with E-state index in [1.807, 2.05) is 13.2 Å². The minimum Gasteiger partial charge on any atom is -0.323 e. The Morgan fingerprint density at radius 3 is 2.23 bits per heavy atom. The molecule has 3 aromatic carbocycles. The third-order valence-electron chi connectivity index (χ3n) is 4.40. The van der Waals surface area contributed by atoms with Gasteiger partial charge >= 0.3 is 0 Å². The van der Waals surface area contributed by atoms with E-state index < -0.39 is 15.9 Å². The first kappa shape index (κ1) is 22.2. The van der Waals surface area contributed by atoms with Crippen molar-refractivity contribution < 1.29 is 13.2 Å². The van der Waals surface area contributed by atoms with E-state index in [9.17, 15) is 13.2 Å². The van der Waals surface area contributed by atoms with Crippen molar-refractivity contribution in [3.63, 3.8) is 0 Å². The van der Waals surface area contributed by atoms with Crippen LogP contribution in [-0.2, 0) is 14.8 Å². The van der Waals surface area contributed by atoms with Gasteiger partial charge in [-0.25, -0.2) is 8.42 Å². The van der Waals surface area contributed by atoms with Gasteiger partial charge in [-0.2, -0.15) is 0 Å². The van der Waals surface area contributed by atoms with Gasteiger partial charge in [0.15, 0.2) is 0 Å². The molecule has 0 aliphatic carbocycles. The molecule has 0 saturated carbocycles. The molecule has 8 heteroatoms. The maximum absolute atomic E-state index is 13.4. The largest absolute Gasteiger partial charge is 0.323 e. The van der Waals surface area contributed by atoms with E-state index in [4.69, 9.17) is 11.6 Å². The fourth-order valence-corrected chi connectivity index (χ4v) is 4.80. The predicted molar refractivity (Wildman–Crippen MR) is 124 cm³/mol. The summed E-state index contributed by atoms with van der Waals surface area (Å²) in [4.78, 5) is 13.8. The molecule has 156 valence electrons. The van der Waals surface area contributed by atoms with Crippen LogP contribution in [0.1, 0.15) is 5.56 Å². The van der Waals surface area contributed by atoms with Crippen molar-refractivity contribution >= 4 is 50.7 Å². The van der Waals surface area contributed by atoms with Gasteiger partial charge in [-0.15, -0.1) is 11.8 Å². The smallest absolute Gasteiger partial charge is 0.264 e. The van der Waals surface area contributed by atoms with Crippen molar-refractivity contribution in [2.75, 3.05) is 22.4 Å². The van der Waals surface area contributed by atoms with E-state index in [1.54, 1.807) is 72.8 Å². The van der Waals surface area contributed by atoms with Gasteiger partial charge in [-0.3, -0.25) is 9.10 Å². The summed E-state index contributed by atoms with van der Waals surface area (Å²) >= 11 is 7.63. The first-order chi connectivity index (χ1) is 14.3. The third-order valence-corrected chi connectivity index (χ3v) is 7.27. The number of benzene rings is 3.